The summed E-state index contributed by atoms with van der Waals surface area (Å²) in [5, 5.41) is 9.72. The van der Waals surface area contributed by atoms with Crippen LogP contribution < -0.4 is 0 Å². The van der Waals surface area contributed by atoms with Crippen LogP contribution in [0.1, 0.15) is 13.8 Å². The second kappa shape index (κ2) is 5.12. The highest BCUT2D eigenvalue weighted by atomic mass is 32.2. The summed E-state index contributed by atoms with van der Waals surface area (Å²) in [6, 6.07) is 0. The van der Waals surface area contributed by atoms with Crippen molar-refractivity contribution in [3.8, 4) is 5.40 Å². The van der Waals surface area contributed by atoms with Crippen LogP contribution in [-0.2, 0) is 0 Å². The summed E-state index contributed by atoms with van der Waals surface area (Å²) in [6.45, 7) is 5.12. The maximum absolute atomic E-state index is 10.9. The van der Waals surface area contributed by atoms with Crippen molar-refractivity contribution in [1.82, 2.24) is 4.90 Å². The first-order valence-corrected chi connectivity index (χ1v) is 3.92. The molecule has 0 unspecified atom stereocenters. The minimum absolute atomic E-state index is 0.160. The lowest BCUT2D eigenvalue weighted by molar-refractivity contribution is 0.228. The summed E-state index contributed by atoms with van der Waals surface area (Å²) >= 11 is 0.681. The Kier molecular flexibility index (Phi) is 4.77. The van der Waals surface area contributed by atoms with Gasteiger partial charge in [-0.2, -0.15) is 5.26 Å². The van der Waals surface area contributed by atoms with Gasteiger partial charge >= 0.3 is 0 Å². The van der Waals surface area contributed by atoms with Gasteiger partial charge in [0.25, 0.3) is 5.24 Å². The van der Waals surface area contributed by atoms with Gasteiger partial charge in [0.05, 0.1) is 11.8 Å². The van der Waals surface area contributed by atoms with E-state index in [0.29, 0.717) is 24.9 Å². The lowest BCUT2D eigenvalue weighted by Gasteiger charge is -2.14. The average molecular weight is 158 g/mol. The van der Waals surface area contributed by atoms with Gasteiger partial charge < -0.3 is 4.90 Å². The van der Waals surface area contributed by atoms with Crippen LogP contribution in [0, 0.1) is 10.7 Å². The minimum Gasteiger partial charge on any atom is -0.333 e. The number of carbonyl (C=O) groups is 1. The van der Waals surface area contributed by atoms with E-state index < -0.39 is 0 Å². The van der Waals surface area contributed by atoms with Gasteiger partial charge in [0.15, 0.2) is 0 Å². The molecule has 0 fully saturated rings. The highest BCUT2D eigenvalue weighted by Crippen LogP contribution is 2.05. The molecule has 0 bridgehead atoms. The van der Waals surface area contributed by atoms with E-state index in [1.165, 1.54) is 0 Å². The molecular weight excluding hydrogens is 148 g/mol. The molecule has 0 heterocycles. The summed E-state index contributed by atoms with van der Waals surface area (Å²) in [5.41, 5.74) is 0. The topological polar surface area (TPSA) is 44.1 Å². The van der Waals surface area contributed by atoms with Crippen LogP contribution in [0.15, 0.2) is 0 Å². The number of hydrogen-bond acceptors (Lipinski definition) is 3. The molecule has 1 amide bonds. The van der Waals surface area contributed by atoms with Gasteiger partial charge in [0, 0.05) is 13.1 Å². The zero-order chi connectivity index (χ0) is 7.98. The Bertz CT molecular complexity index is 148. The third kappa shape index (κ3) is 2.74. The standard InChI is InChI=1S/C6H10N2OS/c1-3-8(4-2)6(9)10-5-7/h3-4H2,1-2H3. The molecule has 3 nitrogen and oxygen atoms in total. The Balaban J connectivity index is 3.79. The maximum atomic E-state index is 10.9. The molecule has 0 saturated carbocycles. The summed E-state index contributed by atoms with van der Waals surface area (Å²) in [5.74, 6) is 0. The Labute approximate surface area is 65.0 Å². The van der Waals surface area contributed by atoms with Crippen LogP contribution in [0.3, 0.4) is 0 Å². The van der Waals surface area contributed by atoms with Gasteiger partial charge in [-0.05, 0) is 13.8 Å². The first-order chi connectivity index (χ1) is 4.76. The first-order valence-electron chi connectivity index (χ1n) is 3.11. The van der Waals surface area contributed by atoms with Gasteiger partial charge in [0.1, 0.15) is 5.40 Å². The molecule has 0 aromatic heterocycles. The van der Waals surface area contributed by atoms with Gasteiger partial charge in [-0.3, -0.25) is 4.79 Å². The summed E-state index contributed by atoms with van der Waals surface area (Å²) < 4.78 is 0. The molecule has 0 aliphatic rings. The van der Waals surface area contributed by atoms with Crippen molar-refractivity contribution in [3.63, 3.8) is 0 Å². The summed E-state index contributed by atoms with van der Waals surface area (Å²) in [6.07, 6.45) is 0. The normalized spacial score (nSPS) is 8.50. The van der Waals surface area contributed by atoms with Crippen LogP contribution in [0.5, 0.6) is 0 Å². The second-order valence-electron chi connectivity index (χ2n) is 1.63. The van der Waals surface area contributed by atoms with E-state index in [4.69, 9.17) is 5.26 Å². The van der Waals surface area contributed by atoms with Gasteiger partial charge in [-0.25, -0.2) is 0 Å². The molecule has 0 atom stereocenters. The highest BCUT2D eigenvalue weighted by molar-refractivity contribution is 8.17. The fourth-order valence-corrected chi connectivity index (χ4v) is 1.05. The monoisotopic (exact) mass is 158 g/mol. The number of amides is 1. The molecular formula is C6H10N2OS. The second-order valence-corrected chi connectivity index (χ2v) is 2.37. The first kappa shape index (κ1) is 9.31. The van der Waals surface area contributed by atoms with Crippen LogP contribution in [0.4, 0.5) is 4.79 Å². The molecule has 10 heavy (non-hydrogen) atoms. The van der Waals surface area contributed by atoms with Crippen molar-refractivity contribution in [1.29, 1.82) is 5.26 Å². The highest BCUT2D eigenvalue weighted by Gasteiger charge is 2.08. The fraction of sp³-hybridized carbons (Fsp3) is 0.667. The number of hydrogen-bond donors (Lipinski definition) is 0. The van der Waals surface area contributed by atoms with E-state index >= 15 is 0 Å². The molecule has 4 heteroatoms. The number of nitriles is 1. The maximum Gasteiger partial charge on any atom is 0.296 e. The Morgan fingerprint density at radius 2 is 2.10 bits per heavy atom. The van der Waals surface area contributed by atoms with Crippen molar-refractivity contribution >= 4 is 17.0 Å². The Morgan fingerprint density at radius 3 is 2.40 bits per heavy atom. The number of thioether (sulfide) groups is 1. The lowest BCUT2D eigenvalue weighted by atomic mass is 10.6. The molecule has 0 aliphatic heterocycles. The van der Waals surface area contributed by atoms with E-state index in [-0.39, 0.29) is 5.24 Å². The molecule has 0 spiro atoms. The smallest absolute Gasteiger partial charge is 0.296 e. The third-order valence-corrected chi connectivity index (χ3v) is 1.68. The molecule has 0 aromatic carbocycles. The minimum atomic E-state index is -0.160. The molecule has 0 saturated heterocycles. The van der Waals surface area contributed by atoms with Crippen molar-refractivity contribution in [2.45, 2.75) is 13.8 Å². The summed E-state index contributed by atoms with van der Waals surface area (Å²) in [4.78, 5) is 12.5. The fourth-order valence-electron chi connectivity index (χ4n) is 0.585. The van der Waals surface area contributed by atoms with Crippen molar-refractivity contribution in [3.05, 3.63) is 0 Å². The SMILES string of the molecule is CCN(CC)C(=O)SC#N. The predicted molar refractivity (Wildman–Crippen MR) is 41.5 cm³/mol. The number of rotatable bonds is 2. The van der Waals surface area contributed by atoms with Crippen molar-refractivity contribution < 1.29 is 4.79 Å². The Morgan fingerprint density at radius 1 is 1.60 bits per heavy atom. The van der Waals surface area contributed by atoms with Gasteiger partial charge in [0.2, 0.25) is 0 Å². The van der Waals surface area contributed by atoms with E-state index in [1.807, 2.05) is 13.8 Å². The number of thiocyanates is 1. The van der Waals surface area contributed by atoms with E-state index in [9.17, 15) is 4.79 Å². The predicted octanol–water partition coefficient (Wildman–Crippen LogP) is 1.66. The van der Waals surface area contributed by atoms with E-state index in [2.05, 4.69) is 0 Å². The van der Waals surface area contributed by atoms with Crippen molar-refractivity contribution in [2.75, 3.05) is 13.1 Å². The number of nitrogens with zero attached hydrogens (tertiary/aromatic N) is 2. The molecule has 56 valence electrons. The zero-order valence-electron chi connectivity index (χ0n) is 6.13. The molecule has 0 radical (unpaired) electrons. The van der Waals surface area contributed by atoms with Crippen LogP contribution in [0.2, 0.25) is 0 Å². The van der Waals surface area contributed by atoms with Crippen molar-refractivity contribution in [2.24, 2.45) is 0 Å². The zero-order valence-corrected chi connectivity index (χ0v) is 6.94. The third-order valence-electron chi connectivity index (χ3n) is 1.15. The summed E-state index contributed by atoms with van der Waals surface area (Å²) in [7, 11) is 0. The largest absolute Gasteiger partial charge is 0.333 e. The quantitative estimate of drug-likeness (QED) is 0.574. The van der Waals surface area contributed by atoms with Crippen LogP contribution in [0.25, 0.3) is 0 Å². The molecule has 0 N–H and O–H groups in total. The lowest BCUT2D eigenvalue weighted by Crippen LogP contribution is -2.26. The Hall–Kier alpha value is -0.690. The van der Waals surface area contributed by atoms with E-state index in [0.717, 1.165) is 0 Å². The molecule has 0 rings (SSSR count). The average Bonchev–Trinajstić information content (AvgIpc) is 1.91. The van der Waals surface area contributed by atoms with Crippen LogP contribution >= 0.6 is 11.8 Å². The molecule has 0 aromatic rings. The molecule has 0 aliphatic carbocycles. The van der Waals surface area contributed by atoms with Crippen LogP contribution in [-0.4, -0.2) is 23.2 Å². The van der Waals surface area contributed by atoms with Gasteiger partial charge in [-0.1, -0.05) is 0 Å². The van der Waals surface area contributed by atoms with Gasteiger partial charge in [-0.15, -0.1) is 0 Å². The number of carbonyl (C=O) groups excluding carboxylic acids is 1. The van der Waals surface area contributed by atoms with E-state index in [1.54, 1.807) is 10.3 Å².